The molecule has 138 valence electrons. The number of carboxylic acids is 1. The Balaban J connectivity index is 1.96. The third kappa shape index (κ3) is 4.06. The van der Waals surface area contributed by atoms with Crippen molar-refractivity contribution in [2.24, 2.45) is 0 Å². The van der Waals surface area contributed by atoms with E-state index in [1.807, 2.05) is 0 Å². The van der Waals surface area contributed by atoms with Crippen molar-refractivity contribution < 1.29 is 24.5 Å². The number of carbonyl (C=O) groups is 2. The van der Waals surface area contributed by atoms with Crippen LogP contribution in [0.3, 0.4) is 0 Å². The van der Waals surface area contributed by atoms with E-state index in [1.165, 1.54) is 6.07 Å². The summed E-state index contributed by atoms with van der Waals surface area (Å²) in [5.41, 5.74) is 0.452. The topological polar surface area (TPSA) is 122 Å². The maximum absolute atomic E-state index is 12.1. The molecule has 3 aromatic rings. The molecule has 0 aliphatic rings. The zero-order chi connectivity index (χ0) is 19.6. The molecule has 0 spiro atoms. The highest BCUT2D eigenvalue weighted by Crippen LogP contribution is 2.31. The molecular weight excluding hydrogens is 374 g/mol. The highest BCUT2D eigenvalue weighted by Gasteiger charge is 2.19. The predicted octanol–water partition coefficient (Wildman–Crippen LogP) is 2.90. The third-order valence-electron chi connectivity index (χ3n) is 3.61. The number of hydrogen-bond donors (Lipinski definition) is 3. The smallest absolute Gasteiger partial charge is 0.322 e. The number of aromatic nitrogens is 2. The first kappa shape index (κ1) is 18.4. The molecule has 0 unspecified atom stereocenters. The van der Waals surface area contributed by atoms with Gasteiger partial charge in [0.05, 0.1) is 11.2 Å². The van der Waals surface area contributed by atoms with Crippen LogP contribution in [0.4, 0.5) is 0 Å². The lowest BCUT2D eigenvalue weighted by molar-refractivity contribution is -0.135. The van der Waals surface area contributed by atoms with Crippen LogP contribution in [0.15, 0.2) is 36.4 Å². The van der Waals surface area contributed by atoms with Gasteiger partial charge in [0.1, 0.15) is 12.3 Å². The van der Waals surface area contributed by atoms with Gasteiger partial charge in [-0.3, -0.25) is 9.59 Å². The van der Waals surface area contributed by atoms with Gasteiger partial charge in [0, 0.05) is 16.5 Å². The summed E-state index contributed by atoms with van der Waals surface area (Å²) >= 11 is 5.93. The van der Waals surface area contributed by atoms with Crippen molar-refractivity contribution in [3.8, 4) is 17.4 Å². The Bertz CT molecular complexity index is 1050. The first-order valence-electron chi connectivity index (χ1n) is 7.79. The van der Waals surface area contributed by atoms with Gasteiger partial charge >= 0.3 is 5.97 Å². The number of aryl methyl sites for hydroxylation is 1. The third-order valence-corrected chi connectivity index (χ3v) is 3.84. The molecule has 3 rings (SSSR count). The van der Waals surface area contributed by atoms with E-state index in [2.05, 4.69) is 15.3 Å². The van der Waals surface area contributed by atoms with Crippen LogP contribution in [0.1, 0.15) is 16.2 Å². The van der Waals surface area contributed by atoms with Crippen LogP contribution in [0.25, 0.3) is 10.9 Å². The fourth-order valence-corrected chi connectivity index (χ4v) is 2.60. The van der Waals surface area contributed by atoms with E-state index in [4.69, 9.17) is 21.4 Å². The van der Waals surface area contributed by atoms with Crippen LogP contribution in [0.5, 0.6) is 17.4 Å². The van der Waals surface area contributed by atoms with Crippen LogP contribution in [0, 0.1) is 6.92 Å². The molecule has 0 radical (unpaired) electrons. The number of carboxylic acid groups (broad SMARTS) is 1. The number of benzene rings is 1. The lowest BCUT2D eigenvalue weighted by atomic mass is 10.1. The van der Waals surface area contributed by atoms with Crippen LogP contribution >= 0.6 is 11.6 Å². The second-order valence-corrected chi connectivity index (χ2v) is 6.01. The van der Waals surface area contributed by atoms with E-state index in [0.717, 1.165) is 0 Å². The van der Waals surface area contributed by atoms with Gasteiger partial charge in [0.25, 0.3) is 5.91 Å². The minimum atomic E-state index is -1.20. The van der Waals surface area contributed by atoms with Crippen LogP contribution in [-0.2, 0) is 4.79 Å². The second-order valence-electron chi connectivity index (χ2n) is 5.58. The molecule has 0 bridgehead atoms. The summed E-state index contributed by atoms with van der Waals surface area (Å²) in [4.78, 5) is 31.0. The Morgan fingerprint density at radius 2 is 2.00 bits per heavy atom. The number of aliphatic carboxylic acids is 1. The number of rotatable bonds is 5. The molecule has 1 amide bonds. The highest BCUT2D eigenvalue weighted by molar-refractivity contribution is 6.30. The lowest BCUT2D eigenvalue weighted by Gasteiger charge is -2.11. The van der Waals surface area contributed by atoms with Gasteiger partial charge in [0.15, 0.2) is 11.4 Å². The molecule has 2 heterocycles. The Morgan fingerprint density at radius 1 is 1.22 bits per heavy atom. The molecular formula is C18H14ClN3O5. The quantitative estimate of drug-likeness (QED) is 0.615. The van der Waals surface area contributed by atoms with E-state index >= 15 is 0 Å². The molecule has 0 fully saturated rings. The first-order valence-corrected chi connectivity index (χ1v) is 8.16. The summed E-state index contributed by atoms with van der Waals surface area (Å²) in [6, 6.07) is 9.87. The minimum Gasteiger partial charge on any atom is -0.505 e. The maximum atomic E-state index is 12.1. The molecule has 0 aliphatic carbocycles. The molecule has 8 nitrogen and oxygen atoms in total. The van der Waals surface area contributed by atoms with E-state index in [-0.39, 0.29) is 17.3 Å². The number of amides is 1. The standard InChI is InChI=1S/C18H14ClN3O5/c1-9-15-12(17(25)16(21-9)18(26)20-8-14(23)24)5-6-13(22-15)27-11-4-2-3-10(19)7-11/h2-7,25H,8H2,1H3,(H,20,26)(H,23,24). The lowest BCUT2D eigenvalue weighted by Crippen LogP contribution is -2.30. The van der Waals surface area contributed by atoms with Gasteiger partial charge < -0.3 is 20.3 Å². The van der Waals surface area contributed by atoms with Gasteiger partial charge in [0.2, 0.25) is 5.88 Å². The normalized spacial score (nSPS) is 10.6. The predicted molar refractivity (Wildman–Crippen MR) is 97.4 cm³/mol. The van der Waals surface area contributed by atoms with Gasteiger partial charge in [-0.05, 0) is 31.2 Å². The van der Waals surface area contributed by atoms with Crippen molar-refractivity contribution in [3.63, 3.8) is 0 Å². The number of nitrogens with one attached hydrogen (secondary N) is 1. The SMILES string of the molecule is Cc1nc(C(=O)NCC(=O)O)c(O)c2ccc(Oc3cccc(Cl)c3)nc12. The van der Waals surface area contributed by atoms with Gasteiger partial charge in [-0.15, -0.1) is 0 Å². The number of aromatic hydroxyl groups is 1. The molecule has 0 aliphatic heterocycles. The Hall–Kier alpha value is -3.39. The minimum absolute atomic E-state index is 0.261. The van der Waals surface area contributed by atoms with Gasteiger partial charge in [-0.1, -0.05) is 17.7 Å². The molecule has 27 heavy (non-hydrogen) atoms. The fraction of sp³-hybridized carbons (Fsp3) is 0.111. The molecule has 0 atom stereocenters. The molecule has 9 heteroatoms. The fourth-order valence-electron chi connectivity index (χ4n) is 2.42. The summed E-state index contributed by atoms with van der Waals surface area (Å²) in [5, 5.41) is 22.0. The van der Waals surface area contributed by atoms with E-state index in [1.54, 1.807) is 37.3 Å². The molecule has 0 saturated carbocycles. The number of pyridine rings is 2. The van der Waals surface area contributed by atoms with Gasteiger partial charge in [-0.2, -0.15) is 0 Å². The largest absolute Gasteiger partial charge is 0.505 e. The first-order chi connectivity index (χ1) is 12.8. The van der Waals surface area contributed by atoms with E-state index in [9.17, 15) is 14.7 Å². The van der Waals surface area contributed by atoms with Crippen molar-refractivity contribution in [2.75, 3.05) is 6.54 Å². The van der Waals surface area contributed by atoms with Crippen LogP contribution < -0.4 is 10.1 Å². The average molecular weight is 388 g/mol. The Kier molecular flexibility index (Phi) is 5.09. The maximum Gasteiger partial charge on any atom is 0.322 e. The molecule has 0 saturated heterocycles. The zero-order valence-corrected chi connectivity index (χ0v) is 14.8. The van der Waals surface area contributed by atoms with Gasteiger partial charge in [-0.25, -0.2) is 9.97 Å². The van der Waals surface area contributed by atoms with Crippen LogP contribution in [-0.4, -0.2) is 38.6 Å². The van der Waals surface area contributed by atoms with Crippen molar-refractivity contribution in [3.05, 3.63) is 52.8 Å². The Labute approximate surface area is 158 Å². The zero-order valence-electron chi connectivity index (χ0n) is 14.1. The van der Waals surface area contributed by atoms with E-state index in [0.29, 0.717) is 27.4 Å². The number of fused-ring (bicyclic) bond motifs is 1. The van der Waals surface area contributed by atoms with Crippen LogP contribution in [0.2, 0.25) is 5.02 Å². The average Bonchev–Trinajstić information content (AvgIpc) is 2.62. The summed E-state index contributed by atoms with van der Waals surface area (Å²) in [6.07, 6.45) is 0. The summed E-state index contributed by atoms with van der Waals surface area (Å²) in [5.74, 6) is -1.63. The number of halogens is 1. The summed E-state index contributed by atoms with van der Waals surface area (Å²) in [7, 11) is 0. The number of nitrogens with zero attached hydrogens (tertiary/aromatic N) is 2. The summed E-state index contributed by atoms with van der Waals surface area (Å²) in [6.45, 7) is 1.04. The second kappa shape index (κ2) is 7.46. The molecule has 1 aromatic carbocycles. The Morgan fingerprint density at radius 3 is 2.70 bits per heavy atom. The van der Waals surface area contributed by atoms with E-state index < -0.39 is 18.4 Å². The van der Waals surface area contributed by atoms with Crippen molar-refractivity contribution >= 4 is 34.4 Å². The highest BCUT2D eigenvalue weighted by atomic mass is 35.5. The van der Waals surface area contributed by atoms with Crippen molar-refractivity contribution in [2.45, 2.75) is 6.92 Å². The molecule has 2 aromatic heterocycles. The number of hydrogen-bond acceptors (Lipinski definition) is 6. The summed E-state index contributed by atoms with van der Waals surface area (Å²) < 4.78 is 5.66. The molecule has 3 N–H and O–H groups in total. The van der Waals surface area contributed by atoms with Crippen molar-refractivity contribution in [1.82, 2.24) is 15.3 Å². The number of carbonyl (C=O) groups excluding carboxylic acids is 1. The number of ether oxygens (including phenoxy) is 1. The van der Waals surface area contributed by atoms with Crippen molar-refractivity contribution in [1.29, 1.82) is 0 Å². The monoisotopic (exact) mass is 387 g/mol.